The monoisotopic (exact) mass is 311 g/mol. The van der Waals surface area contributed by atoms with E-state index in [0.717, 1.165) is 31.6 Å². The molecule has 0 aliphatic carbocycles. The molecule has 0 aromatic heterocycles. The first-order valence-electron chi connectivity index (χ1n) is 7.29. The number of hydrogen-bond donors (Lipinski definition) is 3. The van der Waals surface area contributed by atoms with E-state index in [2.05, 4.69) is 16.0 Å². The van der Waals surface area contributed by atoms with Crippen molar-refractivity contribution in [2.24, 2.45) is 0 Å². The Morgan fingerprint density at radius 1 is 1.32 bits per heavy atom. The van der Waals surface area contributed by atoms with E-state index in [9.17, 15) is 18.4 Å². The van der Waals surface area contributed by atoms with Gasteiger partial charge in [-0.15, -0.1) is 0 Å². The van der Waals surface area contributed by atoms with E-state index >= 15 is 0 Å². The molecule has 120 valence electrons. The summed E-state index contributed by atoms with van der Waals surface area (Å²) in [6.07, 6.45) is 1.68. The van der Waals surface area contributed by atoms with Crippen LogP contribution < -0.4 is 16.0 Å². The highest BCUT2D eigenvalue weighted by Crippen LogP contribution is 2.09. The second-order valence-corrected chi connectivity index (χ2v) is 5.24. The minimum absolute atomic E-state index is 0.0593. The molecule has 0 saturated carbocycles. The van der Waals surface area contributed by atoms with Crippen LogP contribution in [0.4, 0.5) is 8.78 Å². The molecule has 7 heteroatoms. The van der Waals surface area contributed by atoms with Gasteiger partial charge in [-0.05, 0) is 31.5 Å². The molecule has 1 unspecified atom stereocenters. The van der Waals surface area contributed by atoms with Gasteiger partial charge in [0.05, 0.1) is 5.56 Å². The van der Waals surface area contributed by atoms with E-state index in [-0.39, 0.29) is 24.1 Å². The third kappa shape index (κ3) is 4.77. The molecule has 0 spiro atoms. The van der Waals surface area contributed by atoms with Gasteiger partial charge in [-0.1, -0.05) is 0 Å². The van der Waals surface area contributed by atoms with Crippen LogP contribution in [-0.2, 0) is 4.79 Å². The van der Waals surface area contributed by atoms with Crippen LogP contribution in [0.1, 0.15) is 29.6 Å². The van der Waals surface area contributed by atoms with Gasteiger partial charge < -0.3 is 16.0 Å². The Hall–Kier alpha value is -2.02. The largest absolute Gasteiger partial charge is 0.352 e. The summed E-state index contributed by atoms with van der Waals surface area (Å²) >= 11 is 0. The number of nitrogens with one attached hydrogen (secondary N) is 3. The Kier molecular flexibility index (Phi) is 5.83. The van der Waals surface area contributed by atoms with Gasteiger partial charge in [0.25, 0.3) is 5.91 Å². The lowest BCUT2D eigenvalue weighted by Gasteiger charge is -2.11. The third-order valence-corrected chi connectivity index (χ3v) is 3.47. The first-order chi connectivity index (χ1) is 10.6. The van der Waals surface area contributed by atoms with Crippen molar-refractivity contribution >= 4 is 11.8 Å². The number of amides is 2. The van der Waals surface area contributed by atoms with E-state index in [0.29, 0.717) is 18.9 Å². The SMILES string of the molecule is O=C(CCCNC(=O)c1ccc(F)cc1F)NC1CCNC1. The molecule has 1 aliphatic rings. The van der Waals surface area contributed by atoms with Gasteiger partial charge >= 0.3 is 0 Å². The summed E-state index contributed by atoms with van der Waals surface area (Å²) in [4.78, 5) is 23.4. The number of hydrogen-bond acceptors (Lipinski definition) is 3. The highest BCUT2D eigenvalue weighted by atomic mass is 19.1. The lowest BCUT2D eigenvalue weighted by molar-refractivity contribution is -0.121. The number of benzene rings is 1. The average molecular weight is 311 g/mol. The van der Waals surface area contributed by atoms with Gasteiger partial charge in [0, 0.05) is 31.6 Å². The normalized spacial score (nSPS) is 17.3. The molecule has 1 heterocycles. The van der Waals surface area contributed by atoms with Crippen molar-refractivity contribution in [3.8, 4) is 0 Å². The van der Waals surface area contributed by atoms with Crippen molar-refractivity contribution in [2.45, 2.75) is 25.3 Å². The van der Waals surface area contributed by atoms with Gasteiger partial charge in [0.2, 0.25) is 5.91 Å². The number of rotatable bonds is 6. The van der Waals surface area contributed by atoms with E-state index in [4.69, 9.17) is 0 Å². The van der Waals surface area contributed by atoms with Gasteiger partial charge in [-0.2, -0.15) is 0 Å². The Bertz CT molecular complexity index is 546. The number of carbonyl (C=O) groups excluding carboxylic acids is 2. The fourth-order valence-electron chi connectivity index (χ4n) is 2.30. The van der Waals surface area contributed by atoms with Crippen LogP contribution in [0.3, 0.4) is 0 Å². The number of halogens is 2. The fraction of sp³-hybridized carbons (Fsp3) is 0.467. The van der Waals surface area contributed by atoms with E-state index in [1.54, 1.807) is 0 Å². The molecule has 1 atom stereocenters. The molecule has 1 aromatic carbocycles. The van der Waals surface area contributed by atoms with Gasteiger partial charge in [-0.3, -0.25) is 9.59 Å². The zero-order valence-electron chi connectivity index (χ0n) is 12.1. The molecular weight excluding hydrogens is 292 g/mol. The highest BCUT2D eigenvalue weighted by Gasteiger charge is 2.16. The van der Waals surface area contributed by atoms with Crippen LogP contribution in [0, 0.1) is 11.6 Å². The third-order valence-electron chi connectivity index (χ3n) is 3.47. The summed E-state index contributed by atoms with van der Waals surface area (Å²) in [7, 11) is 0. The van der Waals surface area contributed by atoms with Crippen molar-refractivity contribution in [1.29, 1.82) is 0 Å². The zero-order chi connectivity index (χ0) is 15.9. The van der Waals surface area contributed by atoms with Gasteiger partial charge in [-0.25, -0.2) is 8.78 Å². The Morgan fingerprint density at radius 3 is 2.82 bits per heavy atom. The van der Waals surface area contributed by atoms with Crippen LogP contribution >= 0.6 is 0 Å². The lowest BCUT2D eigenvalue weighted by atomic mass is 10.2. The molecule has 2 rings (SSSR count). The molecule has 5 nitrogen and oxygen atoms in total. The van der Waals surface area contributed by atoms with Crippen LogP contribution in [0.15, 0.2) is 18.2 Å². The van der Waals surface area contributed by atoms with Gasteiger partial charge in [0.1, 0.15) is 11.6 Å². The zero-order valence-corrected chi connectivity index (χ0v) is 12.1. The Labute approximate surface area is 127 Å². The van der Waals surface area contributed by atoms with E-state index < -0.39 is 17.5 Å². The lowest BCUT2D eigenvalue weighted by Crippen LogP contribution is -2.36. The minimum Gasteiger partial charge on any atom is -0.352 e. The van der Waals surface area contributed by atoms with Crippen molar-refractivity contribution in [1.82, 2.24) is 16.0 Å². The predicted molar refractivity (Wildman–Crippen MR) is 77.3 cm³/mol. The van der Waals surface area contributed by atoms with E-state index in [1.165, 1.54) is 0 Å². The van der Waals surface area contributed by atoms with Gasteiger partial charge in [0.15, 0.2) is 0 Å². The van der Waals surface area contributed by atoms with Crippen LogP contribution in [0.25, 0.3) is 0 Å². The molecule has 2 amide bonds. The molecule has 22 heavy (non-hydrogen) atoms. The molecule has 0 bridgehead atoms. The first-order valence-corrected chi connectivity index (χ1v) is 7.29. The molecule has 3 N–H and O–H groups in total. The summed E-state index contributed by atoms with van der Waals surface area (Å²) in [6.45, 7) is 1.95. The maximum absolute atomic E-state index is 13.4. The second-order valence-electron chi connectivity index (χ2n) is 5.24. The molecule has 0 radical (unpaired) electrons. The molecular formula is C15H19F2N3O2. The van der Waals surface area contributed by atoms with Crippen LogP contribution in [0.2, 0.25) is 0 Å². The van der Waals surface area contributed by atoms with Crippen molar-refractivity contribution in [2.75, 3.05) is 19.6 Å². The fourth-order valence-corrected chi connectivity index (χ4v) is 2.30. The Morgan fingerprint density at radius 2 is 2.14 bits per heavy atom. The maximum atomic E-state index is 13.4. The highest BCUT2D eigenvalue weighted by molar-refractivity contribution is 5.94. The molecule has 1 saturated heterocycles. The Balaban J connectivity index is 1.67. The van der Waals surface area contributed by atoms with E-state index in [1.807, 2.05) is 0 Å². The molecule has 1 fully saturated rings. The summed E-state index contributed by atoms with van der Waals surface area (Å²) in [5.74, 6) is -2.30. The maximum Gasteiger partial charge on any atom is 0.254 e. The summed E-state index contributed by atoms with van der Waals surface area (Å²) in [5.41, 5.74) is -0.206. The topological polar surface area (TPSA) is 70.2 Å². The van der Waals surface area contributed by atoms with Crippen LogP contribution in [-0.4, -0.2) is 37.5 Å². The van der Waals surface area contributed by atoms with Crippen molar-refractivity contribution in [3.05, 3.63) is 35.4 Å². The summed E-state index contributed by atoms with van der Waals surface area (Å²) in [5, 5.41) is 8.57. The molecule has 1 aliphatic heterocycles. The standard InChI is InChI=1S/C15H19F2N3O2/c16-10-3-4-12(13(17)8-10)15(22)19-6-1-2-14(21)20-11-5-7-18-9-11/h3-4,8,11,18H,1-2,5-7,9H2,(H,19,22)(H,20,21). The van der Waals surface area contributed by atoms with Crippen molar-refractivity contribution < 1.29 is 18.4 Å². The minimum atomic E-state index is -0.899. The van der Waals surface area contributed by atoms with Crippen LogP contribution in [0.5, 0.6) is 0 Å². The van der Waals surface area contributed by atoms with Crippen molar-refractivity contribution in [3.63, 3.8) is 0 Å². The number of carbonyl (C=O) groups is 2. The smallest absolute Gasteiger partial charge is 0.254 e. The average Bonchev–Trinajstić information content (AvgIpc) is 2.96. The summed E-state index contributed by atoms with van der Waals surface area (Å²) in [6, 6.07) is 2.97. The quantitative estimate of drug-likeness (QED) is 0.685. The molecule has 1 aromatic rings. The predicted octanol–water partition coefficient (Wildman–Crippen LogP) is 0.953. The first kappa shape index (κ1) is 16.4. The summed E-state index contributed by atoms with van der Waals surface area (Å²) < 4.78 is 26.1. The second kappa shape index (κ2) is 7.84.